The fraction of sp³-hybridized carbons (Fsp3) is 0.500. The molecule has 0 radical (unpaired) electrons. The molecule has 0 unspecified atom stereocenters. The van der Waals surface area contributed by atoms with Gasteiger partial charge in [-0.3, -0.25) is 5.32 Å². The lowest BCUT2D eigenvalue weighted by Gasteiger charge is -2.19. The third-order valence-electron chi connectivity index (χ3n) is 1.76. The Balaban J connectivity index is 0.00000191. The highest BCUT2D eigenvalue weighted by atomic mass is 16.6. The average Bonchev–Trinajstić information content (AvgIpc) is 2.90. The molecule has 0 aromatic carbocycles. The van der Waals surface area contributed by atoms with Crippen LogP contribution in [-0.4, -0.2) is 29.8 Å². The van der Waals surface area contributed by atoms with Gasteiger partial charge in [0, 0.05) is 6.08 Å². The van der Waals surface area contributed by atoms with Gasteiger partial charge >= 0.3 is 12.1 Å². The van der Waals surface area contributed by atoms with Gasteiger partial charge in [-0.05, 0) is 20.8 Å². The van der Waals surface area contributed by atoms with Crippen LogP contribution < -0.4 is 5.32 Å². The van der Waals surface area contributed by atoms with Crippen LogP contribution in [-0.2, 0) is 14.3 Å². The minimum atomic E-state index is -0.768. The summed E-state index contributed by atoms with van der Waals surface area (Å²) in [4.78, 5) is 26.9. The van der Waals surface area contributed by atoms with Gasteiger partial charge in [-0.15, -0.1) is 0 Å². The maximum Gasteiger partial charge on any atom is 0.412 e. The summed E-state index contributed by atoms with van der Waals surface area (Å²) >= 11 is 0. The van der Waals surface area contributed by atoms with Crippen molar-refractivity contribution in [2.24, 2.45) is 0 Å². The zero-order valence-electron chi connectivity index (χ0n) is 13.2. The summed E-state index contributed by atoms with van der Waals surface area (Å²) in [6.07, 6.45) is 3.23. The van der Waals surface area contributed by atoms with Crippen LogP contribution in [0.3, 0.4) is 0 Å². The summed E-state index contributed by atoms with van der Waals surface area (Å²) < 4.78 is 14.5. The average molecular weight is 298 g/mol. The van der Waals surface area contributed by atoms with E-state index in [0.717, 1.165) is 0 Å². The minimum Gasteiger partial charge on any atom is -0.464 e. The Labute approximate surface area is 124 Å². The number of amides is 1. The van der Waals surface area contributed by atoms with Crippen LogP contribution in [0.15, 0.2) is 22.6 Å². The first-order valence-electron chi connectivity index (χ1n) is 6.51. The predicted octanol–water partition coefficient (Wildman–Crippen LogP) is 2.74. The number of oxazole rings is 1. The highest BCUT2D eigenvalue weighted by Crippen LogP contribution is 2.09. The van der Waals surface area contributed by atoms with Crippen molar-refractivity contribution >= 4 is 18.1 Å². The summed E-state index contributed by atoms with van der Waals surface area (Å²) in [7, 11) is 1.20. The molecule has 118 valence electrons. The van der Waals surface area contributed by atoms with Crippen LogP contribution in [0.5, 0.6) is 0 Å². The Bertz CT molecular complexity index is 472. The first kappa shape index (κ1) is 18.7. The molecule has 1 N–H and O–H groups in total. The van der Waals surface area contributed by atoms with Gasteiger partial charge in [-0.1, -0.05) is 13.8 Å². The molecule has 21 heavy (non-hydrogen) atoms. The number of hydrogen-bond acceptors (Lipinski definition) is 6. The Morgan fingerprint density at radius 3 is 2.38 bits per heavy atom. The fourth-order valence-electron chi connectivity index (χ4n) is 1.10. The van der Waals surface area contributed by atoms with E-state index in [1.165, 1.54) is 25.6 Å². The standard InChI is InChI=1S/C12H16N2O5.C2H6/c1-12(2,3)19-11(16)14-8(10(15)17-4)7-9-13-5-6-18-9;1-2/h5-7H,1-4H3,(H,14,16);1-2H3/b8-7+;. The molecule has 1 amide bonds. The molecule has 7 heteroatoms. The Kier molecular flexibility index (Phi) is 7.81. The van der Waals surface area contributed by atoms with Crippen LogP contribution in [0, 0.1) is 0 Å². The molecule has 0 atom stereocenters. The molecular formula is C14H22N2O5. The Hall–Kier alpha value is -2.31. The van der Waals surface area contributed by atoms with Crippen molar-refractivity contribution in [2.45, 2.75) is 40.2 Å². The van der Waals surface area contributed by atoms with Crippen molar-refractivity contribution in [1.82, 2.24) is 10.3 Å². The molecule has 1 heterocycles. The van der Waals surface area contributed by atoms with E-state index in [9.17, 15) is 9.59 Å². The predicted molar refractivity (Wildman–Crippen MR) is 77.2 cm³/mol. The number of carbonyl (C=O) groups is 2. The molecule has 0 saturated heterocycles. The monoisotopic (exact) mass is 298 g/mol. The number of methoxy groups -OCH3 is 1. The number of esters is 1. The second kappa shape index (κ2) is 8.78. The molecule has 0 aliphatic heterocycles. The lowest BCUT2D eigenvalue weighted by molar-refractivity contribution is -0.136. The third-order valence-corrected chi connectivity index (χ3v) is 1.76. The van der Waals surface area contributed by atoms with Gasteiger partial charge in [0.1, 0.15) is 17.6 Å². The minimum absolute atomic E-state index is 0.126. The summed E-state index contributed by atoms with van der Waals surface area (Å²) in [5.41, 5.74) is -0.798. The molecule has 0 fully saturated rings. The highest BCUT2D eigenvalue weighted by molar-refractivity contribution is 5.96. The van der Waals surface area contributed by atoms with E-state index in [4.69, 9.17) is 9.15 Å². The second-order valence-electron chi connectivity index (χ2n) is 4.55. The number of ether oxygens (including phenoxy) is 2. The van der Waals surface area contributed by atoms with Crippen molar-refractivity contribution in [3.63, 3.8) is 0 Å². The smallest absolute Gasteiger partial charge is 0.412 e. The van der Waals surface area contributed by atoms with Gasteiger partial charge in [0.2, 0.25) is 5.89 Å². The van der Waals surface area contributed by atoms with E-state index in [1.54, 1.807) is 20.8 Å². The molecule has 0 saturated carbocycles. The summed E-state index contributed by atoms with van der Waals surface area (Å²) in [5, 5.41) is 2.29. The molecule has 7 nitrogen and oxygen atoms in total. The fourth-order valence-corrected chi connectivity index (χ4v) is 1.10. The Morgan fingerprint density at radius 2 is 1.95 bits per heavy atom. The van der Waals surface area contributed by atoms with Crippen LogP contribution in [0.1, 0.15) is 40.5 Å². The molecule has 1 rings (SSSR count). The first-order chi connectivity index (χ1) is 9.81. The van der Waals surface area contributed by atoms with Crippen LogP contribution >= 0.6 is 0 Å². The van der Waals surface area contributed by atoms with E-state index < -0.39 is 17.7 Å². The van der Waals surface area contributed by atoms with E-state index >= 15 is 0 Å². The molecule has 0 bridgehead atoms. The van der Waals surface area contributed by atoms with Gasteiger partial charge in [0.25, 0.3) is 0 Å². The van der Waals surface area contributed by atoms with E-state index in [0.29, 0.717) is 0 Å². The zero-order chi connectivity index (χ0) is 16.5. The van der Waals surface area contributed by atoms with Crippen molar-refractivity contribution < 1.29 is 23.5 Å². The third kappa shape index (κ3) is 7.76. The molecule has 0 spiro atoms. The number of alkyl carbamates (subject to hydrolysis) is 1. The summed E-state index contributed by atoms with van der Waals surface area (Å²) in [6.45, 7) is 9.13. The lowest BCUT2D eigenvalue weighted by atomic mass is 10.2. The van der Waals surface area contributed by atoms with Crippen molar-refractivity contribution in [3.05, 3.63) is 24.0 Å². The number of nitrogens with zero attached hydrogens (tertiary/aromatic N) is 1. The number of hydrogen-bond donors (Lipinski definition) is 1. The van der Waals surface area contributed by atoms with Crippen molar-refractivity contribution in [2.75, 3.05) is 7.11 Å². The molecule has 1 aromatic rings. The number of nitrogens with one attached hydrogen (secondary N) is 1. The van der Waals surface area contributed by atoms with E-state index in [-0.39, 0.29) is 11.6 Å². The Morgan fingerprint density at radius 1 is 1.33 bits per heavy atom. The van der Waals surface area contributed by atoms with Crippen molar-refractivity contribution in [3.8, 4) is 0 Å². The SMILES string of the molecule is CC.COC(=O)/C(=C\c1ncco1)NC(=O)OC(C)(C)C. The lowest BCUT2D eigenvalue weighted by Crippen LogP contribution is -2.34. The van der Waals surface area contributed by atoms with E-state index in [2.05, 4.69) is 15.0 Å². The number of rotatable bonds is 3. The van der Waals surface area contributed by atoms with Gasteiger partial charge in [0.15, 0.2) is 0 Å². The largest absolute Gasteiger partial charge is 0.464 e. The molecule has 1 aromatic heterocycles. The molecular weight excluding hydrogens is 276 g/mol. The van der Waals surface area contributed by atoms with Gasteiger partial charge in [-0.2, -0.15) is 0 Å². The topological polar surface area (TPSA) is 90.7 Å². The van der Waals surface area contributed by atoms with Crippen molar-refractivity contribution in [1.29, 1.82) is 0 Å². The van der Waals surface area contributed by atoms with Gasteiger partial charge < -0.3 is 13.9 Å². The maximum atomic E-state index is 11.6. The van der Waals surface area contributed by atoms with Crippen LogP contribution in [0.25, 0.3) is 6.08 Å². The van der Waals surface area contributed by atoms with Gasteiger partial charge in [0.05, 0.1) is 13.3 Å². The maximum absolute atomic E-state index is 11.6. The number of carbonyl (C=O) groups excluding carboxylic acids is 2. The second-order valence-corrected chi connectivity index (χ2v) is 4.55. The van der Waals surface area contributed by atoms with Crippen LogP contribution in [0.4, 0.5) is 4.79 Å². The van der Waals surface area contributed by atoms with Gasteiger partial charge in [-0.25, -0.2) is 14.6 Å². The summed E-state index contributed by atoms with van der Waals surface area (Å²) in [6, 6.07) is 0. The first-order valence-corrected chi connectivity index (χ1v) is 6.51. The summed E-state index contributed by atoms with van der Waals surface area (Å²) in [5.74, 6) is -0.569. The molecule has 0 aliphatic carbocycles. The quantitative estimate of drug-likeness (QED) is 0.681. The normalized spacial score (nSPS) is 11.0. The molecule has 0 aliphatic rings. The zero-order valence-corrected chi connectivity index (χ0v) is 13.2. The van der Waals surface area contributed by atoms with E-state index in [1.807, 2.05) is 13.8 Å². The van der Waals surface area contributed by atoms with Crippen LogP contribution in [0.2, 0.25) is 0 Å². The highest BCUT2D eigenvalue weighted by Gasteiger charge is 2.20. The number of aromatic nitrogens is 1.